The van der Waals surface area contributed by atoms with Crippen LogP contribution in [0.5, 0.6) is 0 Å². The summed E-state index contributed by atoms with van der Waals surface area (Å²) in [6.07, 6.45) is 6.65. The molecule has 0 unspecified atom stereocenters. The fourth-order valence-electron chi connectivity index (χ4n) is 5.07. The van der Waals surface area contributed by atoms with Crippen molar-refractivity contribution in [1.29, 1.82) is 0 Å². The molecule has 2 amide bonds. The maximum atomic E-state index is 13.0. The Labute approximate surface area is 191 Å². The molecule has 7 heteroatoms. The molecule has 0 aliphatic carbocycles. The normalized spacial score (nSPS) is 18.7. The lowest BCUT2D eigenvalue weighted by Crippen LogP contribution is -2.47. The van der Waals surface area contributed by atoms with Crippen LogP contribution in [0.25, 0.3) is 10.9 Å². The molecular formula is C24H35ClN4O2. The topological polar surface area (TPSA) is 59.7 Å². The van der Waals surface area contributed by atoms with E-state index in [1.807, 2.05) is 42.3 Å². The molecule has 3 heterocycles. The number of aromatic nitrogens is 1. The van der Waals surface area contributed by atoms with Gasteiger partial charge in [-0.15, -0.1) is 12.4 Å². The Balaban J connectivity index is 0.00000272. The molecule has 2 saturated heterocycles. The molecule has 0 spiro atoms. The maximum Gasteiger partial charge on any atom is 0.254 e. The third-order valence-corrected chi connectivity index (χ3v) is 7.12. The Morgan fingerprint density at radius 2 is 1.68 bits per heavy atom. The molecule has 0 bridgehead atoms. The molecular weight excluding hydrogens is 412 g/mol. The van der Waals surface area contributed by atoms with E-state index >= 15 is 0 Å². The van der Waals surface area contributed by atoms with E-state index in [4.69, 9.17) is 0 Å². The first kappa shape index (κ1) is 23.6. The van der Waals surface area contributed by atoms with E-state index in [-0.39, 0.29) is 30.8 Å². The number of likely N-dealkylation sites (tertiary alicyclic amines) is 2. The summed E-state index contributed by atoms with van der Waals surface area (Å²) in [4.78, 5) is 35.1. The molecule has 2 aliphatic rings. The van der Waals surface area contributed by atoms with Crippen LogP contribution in [0, 0.1) is 11.8 Å². The first-order chi connectivity index (χ1) is 14.5. The molecule has 0 atom stereocenters. The molecule has 1 N–H and O–H groups in total. The van der Waals surface area contributed by atoms with Gasteiger partial charge < -0.3 is 19.7 Å². The van der Waals surface area contributed by atoms with Crippen molar-refractivity contribution in [3.63, 3.8) is 0 Å². The fourth-order valence-corrected chi connectivity index (χ4v) is 5.07. The number of halogens is 1. The first-order valence-corrected chi connectivity index (χ1v) is 11.4. The van der Waals surface area contributed by atoms with Crippen LogP contribution in [-0.4, -0.2) is 77.8 Å². The van der Waals surface area contributed by atoms with Crippen molar-refractivity contribution in [1.82, 2.24) is 19.7 Å². The number of benzene rings is 1. The summed E-state index contributed by atoms with van der Waals surface area (Å²) >= 11 is 0. The minimum Gasteiger partial charge on any atom is -0.361 e. The third-order valence-electron chi connectivity index (χ3n) is 7.12. The van der Waals surface area contributed by atoms with Crippen LogP contribution in [0.15, 0.2) is 30.5 Å². The van der Waals surface area contributed by atoms with Crippen molar-refractivity contribution in [2.75, 3.05) is 46.3 Å². The molecule has 1 aromatic heterocycles. The molecule has 1 aromatic carbocycles. The van der Waals surface area contributed by atoms with Crippen LogP contribution in [0.4, 0.5) is 0 Å². The van der Waals surface area contributed by atoms with Gasteiger partial charge in [-0.25, -0.2) is 0 Å². The Morgan fingerprint density at radius 1 is 1.03 bits per heavy atom. The van der Waals surface area contributed by atoms with Crippen LogP contribution >= 0.6 is 12.4 Å². The van der Waals surface area contributed by atoms with Crippen LogP contribution < -0.4 is 0 Å². The van der Waals surface area contributed by atoms with E-state index in [1.54, 1.807) is 4.90 Å². The van der Waals surface area contributed by atoms with Gasteiger partial charge in [0.25, 0.3) is 5.91 Å². The van der Waals surface area contributed by atoms with E-state index in [0.29, 0.717) is 12.1 Å². The Hall–Kier alpha value is -2.05. The Kier molecular flexibility index (Phi) is 8.00. The smallest absolute Gasteiger partial charge is 0.254 e. The van der Waals surface area contributed by atoms with Crippen LogP contribution in [0.1, 0.15) is 43.0 Å². The highest BCUT2D eigenvalue weighted by atomic mass is 35.5. The average Bonchev–Trinajstić information content (AvgIpc) is 3.25. The van der Waals surface area contributed by atoms with Crippen LogP contribution in [-0.2, 0) is 4.79 Å². The van der Waals surface area contributed by atoms with Gasteiger partial charge in [-0.1, -0.05) is 6.07 Å². The molecule has 4 rings (SSSR count). The zero-order valence-electron chi connectivity index (χ0n) is 18.7. The standard InChI is InChI=1S/C24H34N4O2.ClH/c1-3-27(24(30)21-5-4-20-6-11-25-22(20)16-21)17-23(29)28-14-9-19(10-15-28)18-7-12-26(2)13-8-18;/h4-6,11,16,18-19,25H,3,7-10,12-15,17H2,1-2H3;1H. The van der Waals surface area contributed by atoms with Gasteiger partial charge in [0.15, 0.2) is 0 Å². The van der Waals surface area contributed by atoms with Gasteiger partial charge in [0.2, 0.25) is 5.91 Å². The summed E-state index contributed by atoms with van der Waals surface area (Å²) in [7, 11) is 2.20. The number of hydrogen-bond donors (Lipinski definition) is 1. The van der Waals surface area contributed by atoms with E-state index in [0.717, 1.165) is 48.7 Å². The monoisotopic (exact) mass is 446 g/mol. The van der Waals surface area contributed by atoms with E-state index < -0.39 is 0 Å². The van der Waals surface area contributed by atoms with Crippen molar-refractivity contribution in [2.45, 2.75) is 32.6 Å². The van der Waals surface area contributed by atoms with Crippen molar-refractivity contribution in [2.24, 2.45) is 11.8 Å². The van der Waals surface area contributed by atoms with Crippen molar-refractivity contribution in [3.05, 3.63) is 36.0 Å². The molecule has 2 aromatic rings. The van der Waals surface area contributed by atoms with Gasteiger partial charge in [0.1, 0.15) is 6.54 Å². The quantitative estimate of drug-likeness (QED) is 0.762. The molecule has 2 aliphatic heterocycles. The summed E-state index contributed by atoms with van der Waals surface area (Å²) in [5.74, 6) is 1.56. The number of likely N-dealkylation sites (N-methyl/N-ethyl adjacent to an activating group) is 1. The second-order valence-corrected chi connectivity index (χ2v) is 8.96. The van der Waals surface area contributed by atoms with Crippen LogP contribution in [0.3, 0.4) is 0 Å². The van der Waals surface area contributed by atoms with Crippen molar-refractivity contribution >= 4 is 35.1 Å². The van der Waals surface area contributed by atoms with Gasteiger partial charge >= 0.3 is 0 Å². The van der Waals surface area contributed by atoms with E-state index in [2.05, 4.69) is 16.9 Å². The molecule has 6 nitrogen and oxygen atoms in total. The zero-order chi connectivity index (χ0) is 21.1. The highest BCUT2D eigenvalue weighted by molar-refractivity contribution is 5.99. The van der Waals surface area contributed by atoms with Gasteiger partial charge in [0.05, 0.1) is 0 Å². The number of rotatable bonds is 5. The summed E-state index contributed by atoms with van der Waals surface area (Å²) in [5.41, 5.74) is 1.57. The maximum absolute atomic E-state index is 13.0. The van der Waals surface area contributed by atoms with Gasteiger partial charge in [-0.05, 0) is 88.2 Å². The number of carbonyl (C=O) groups is 2. The second kappa shape index (κ2) is 10.5. The van der Waals surface area contributed by atoms with Gasteiger partial charge in [-0.2, -0.15) is 0 Å². The highest BCUT2D eigenvalue weighted by Gasteiger charge is 2.31. The molecule has 0 radical (unpaired) electrons. The fraction of sp³-hybridized carbons (Fsp3) is 0.583. The molecule has 2 fully saturated rings. The summed E-state index contributed by atoms with van der Waals surface area (Å²) in [6.45, 7) is 6.68. The first-order valence-electron chi connectivity index (χ1n) is 11.4. The largest absolute Gasteiger partial charge is 0.361 e. The lowest BCUT2D eigenvalue weighted by Gasteiger charge is -2.39. The molecule has 31 heavy (non-hydrogen) atoms. The predicted molar refractivity (Wildman–Crippen MR) is 127 cm³/mol. The van der Waals surface area contributed by atoms with Crippen molar-refractivity contribution < 1.29 is 9.59 Å². The number of piperidine rings is 2. The minimum atomic E-state index is -0.0800. The number of amides is 2. The van der Waals surface area contributed by atoms with Gasteiger partial charge in [0, 0.05) is 36.9 Å². The lowest BCUT2D eigenvalue weighted by molar-refractivity contribution is -0.133. The van der Waals surface area contributed by atoms with E-state index in [9.17, 15) is 9.59 Å². The van der Waals surface area contributed by atoms with E-state index in [1.165, 1.54) is 25.9 Å². The average molecular weight is 447 g/mol. The SMILES string of the molecule is CCN(CC(=O)N1CCC(C2CCN(C)CC2)CC1)C(=O)c1ccc2cc[nH]c2c1.Cl. The number of fused-ring (bicyclic) bond motifs is 1. The lowest BCUT2D eigenvalue weighted by atomic mass is 9.79. The number of hydrogen-bond acceptors (Lipinski definition) is 3. The molecule has 0 saturated carbocycles. The number of H-pyrrole nitrogens is 1. The highest BCUT2D eigenvalue weighted by Crippen LogP contribution is 2.32. The third kappa shape index (κ3) is 5.42. The molecule has 170 valence electrons. The number of nitrogens with one attached hydrogen (secondary N) is 1. The number of carbonyl (C=O) groups excluding carboxylic acids is 2. The summed E-state index contributed by atoms with van der Waals surface area (Å²) in [5, 5.41) is 1.08. The summed E-state index contributed by atoms with van der Waals surface area (Å²) < 4.78 is 0. The second-order valence-electron chi connectivity index (χ2n) is 8.96. The van der Waals surface area contributed by atoms with Crippen molar-refractivity contribution in [3.8, 4) is 0 Å². The van der Waals surface area contributed by atoms with Gasteiger partial charge in [-0.3, -0.25) is 9.59 Å². The Morgan fingerprint density at radius 3 is 2.32 bits per heavy atom. The van der Waals surface area contributed by atoms with Crippen LogP contribution in [0.2, 0.25) is 0 Å². The zero-order valence-corrected chi connectivity index (χ0v) is 19.5. The minimum absolute atomic E-state index is 0. The number of aromatic amines is 1. The predicted octanol–water partition coefficient (Wildman–Crippen LogP) is 3.63. The summed E-state index contributed by atoms with van der Waals surface area (Å²) in [6, 6.07) is 7.65. The number of nitrogens with zero attached hydrogens (tertiary/aromatic N) is 3. The Bertz CT molecular complexity index is 883.